The second-order valence-electron chi connectivity index (χ2n) is 15.2. The van der Waals surface area contributed by atoms with E-state index in [2.05, 4.69) is 29.8 Å². The van der Waals surface area contributed by atoms with E-state index in [1.165, 1.54) is 0 Å². The number of nitrogens with one attached hydrogen (secondary N) is 3. The quantitative estimate of drug-likeness (QED) is 0.0895. The lowest BCUT2D eigenvalue weighted by Crippen LogP contribution is -2.54. The van der Waals surface area contributed by atoms with Crippen molar-refractivity contribution in [1.82, 2.24) is 16.0 Å². The highest BCUT2D eigenvalue weighted by Gasteiger charge is 2.47. The molecule has 0 radical (unpaired) electrons. The van der Waals surface area contributed by atoms with Crippen LogP contribution in [0.2, 0.25) is 0 Å². The first kappa shape index (κ1) is 43.2. The maximum Gasteiger partial charge on any atom is 0.407 e. The number of amides is 3. The summed E-state index contributed by atoms with van der Waals surface area (Å²) < 4.78 is 35.4. The second kappa shape index (κ2) is 21.6. The van der Waals surface area contributed by atoms with E-state index in [9.17, 15) is 19.2 Å². The number of hydrogen-bond donors (Lipinski definition) is 3. The Morgan fingerprint density at radius 2 is 1.63 bits per heavy atom. The first-order valence-corrected chi connectivity index (χ1v) is 20.3. The fourth-order valence-electron chi connectivity index (χ4n) is 7.55. The zero-order chi connectivity index (χ0) is 40.6. The summed E-state index contributed by atoms with van der Waals surface area (Å²) in [4.78, 5) is 51.8. The second-order valence-corrected chi connectivity index (χ2v) is 15.2. The molecule has 2 fully saturated rings. The van der Waals surface area contributed by atoms with E-state index in [1.807, 2.05) is 66.7 Å². The molecule has 2 aliphatic heterocycles. The van der Waals surface area contributed by atoms with Gasteiger partial charge in [-0.1, -0.05) is 74.5 Å². The van der Waals surface area contributed by atoms with Gasteiger partial charge in [0.15, 0.2) is 5.79 Å². The standard InChI is InChI=1S/C44H59N3O10/c1-5-53-41(49)38(21-19-30(2)3)47-40(48)22-20-34-26-36(55-43(51)46-28-33-15-10-14-31-12-6-8-17-37(31)33)27-44(56-34)24-11-16-35(57-44)29-54-42(50)45-25-23-32-13-7-9-18-39(32)52-4/h6-10,12-15,17-18,30,34-36,38H,5,11,16,19-29H2,1-4H3,(H,45,50)(H,46,51)(H,47,48)/t34-,35-,36-,38+,44+/m1/s1. The summed E-state index contributed by atoms with van der Waals surface area (Å²) in [7, 11) is 1.61. The van der Waals surface area contributed by atoms with Gasteiger partial charge in [0.1, 0.15) is 24.5 Å². The van der Waals surface area contributed by atoms with Crippen LogP contribution in [0, 0.1) is 5.92 Å². The van der Waals surface area contributed by atoms with Crippen LogP contribution in [0.15, 0.2) is 66.7 Å². The van der Waals surface area contributed by atoms with Crippen molar-refractivity contribution in [2.24, 2.45) is 5.92 Å². The number of methoxy groups -OCH3 is 1. The summed E-state index contributed by atoms with van der Waals surface area (Å²) >= 11 is 0. The molecule has 2 saturated heterocycles. The third kappa shape index (κ3) is 13.3. The maximum absolute atomic E-state index is 13.3. The van der Waals surface area contributed by atoms with Gasteiger partial charge in [-0.2, -0.15) is 0 Å². The first-order chi connectivity index (χ1) is 27.6. The molecule has 3 aromatic carbocycles. The van der Waals surface area contributed by atoms with Crippen molar-refractivity contribution in [2.45, 2.75) is 122 Å². The largest absolute Gasteiger partial charge is 0.496 e. The van der Waals surface area contributed by atoms with Crippen molar-refractivity contribution in [3.63, 3.8) is 0 Å². The third-order valence-corrected chi connectivity index (χ3v) is 10.4. The average molecular weight is 790 g/mol. The lowest BCUT2D eigenvalue weighted by atomic mass is 9.90. The van der Waals surface area contributed by atoms with Crippen LogP contribution in [0.3, 0.4) is 0 Å². The number of para-hydroxylation sites is 1. The molecule has 0 unspecified atom stereocenters. The molecular formula is C44H59N3O10. The van der Waals surface area contributed by atoms with Crippen LogP contribution in [-0.4, -0.2) is 81.1 Å². The van der Waals surface area contributed by atoms with E-state index in [1.54, 1.807) is 14.0 Å². The maximum atomic E-state index is 13.3. The minimum absolute atomic E-state index is 0.0152. The molecule has 57 heavy (non-hydrogen) atoms. The summed E-state index contributed by atoms with van der Waals surface area (Å²) in [6, 6.07) is 20.9. The topological polar surface area (TPSA) is 160 Å². The van der Waals surface area contributed by atoms with Gasteiger partial charge in [0, 0.05) is 38.8 Å². The smallest absolute Gasteiger partial charge is 0.407 e. The molecule has 3 amide bonds. The molecule has 0 aliphatic carbocycles. The summed E-state index contributed by atoms with van der Waals surface area (Å²) in [6.45, 7) is 6.75. The Balaban J connectivity index is 1.20. The molecule has 13 nitrogen and oxygen atoms in total. The molecule has 2 aliphatic rings. The summed E-state index contributed by atoms with van der Waals surface area (Å²) in [5, 5.41) is 10.7. The minimum atomic E-state index is -1.11. The van der Waals surface area contributed by atoms with E-state index < -0.39 is 48.3 Å². The Bertz CT molecular complexity index is 1780. The van der Waals surface area contributed by atoms with Gasteiger partial charge in [-0.25, -0.2) is 14.4 Å². The normalized spacial score (nSPS) is 21.0. The molecule has 5 atom stereocenters. The van der Waals surface area contributed by atoms with Gasteiger partial charge in [0.2, 0.25) is 5.91 Å². The highest BCUT2D eigenvalue weighted by atomic mass is 16.7. The van der Waals surface area contributed by atoms with Gasteiger partial charge in [-0.05, 0) is 79.3 Å². The van der Waals surface area contributed by atoms with Crippen LogP contribution < -0.4 is 20.7 Å². The van der Waals surface area contributed by atoms with Gasteiger partial charge in [0.25, 0.3) is 0 Å². The summed E-state index contributed by atoms with van der Waals surface area (Å²) in [6.07, 6.45) is 2.11. The molecule has 1 spiro atoms. The third-order valence-electron chi connectivity index (χ3n) is 10.4. The summed E-state index contributed by atoms with van der Waals surface area (Å²) in [5.41, 5.74) is 1.94. The van der Waals surface area contributed by atoms with E-state index in [0.717, 1.165) is 40.5 Å². The van der Waals surface area contributed by atoms with Crippen molar-refractivity contribution in [1.29, 1.82) is 0 Å². The van der Waals surface area contributed by atoms with Crippen LogP contribution in [0.25, 0.3) is 10.8 Å². The van der Waals surface area contributed by atoms with Crippen LogP contribution in [0.4, 0.5) is 9.59 Å². The predicted octanol–water partition coefficient (Wildman–Crippen LogP) is 7.12. The van der Waals surface area contributed by atoms with Gasteiger partial charge >= 0.3 is 18.2 Å². The van der Waals surface area contributed by atoms with Crippen LogP contribution in [-0.2, 0) is 46.2 Å². The van der Waals surface area contributed by atoms with E-state index in [4.69, 9.17) is 28.4 Å². The number of ether oxygens (including phenoxy) is 6. The average Bonchev–Trinajstić information content (AvgIpc) is 3.20. The number of fused-ring (bicyclic) bond motifs is 1. The Kier molecular flexibility index (Phi) is 16.4. The Morgan fingerprint density at radius 1 is 0.877 bits per heavy atom. The Labute approximate surface area is 335 Å². The SMILES string of the molecule is CCOC(=O)[C@H](CCC(C)C)NC(=O)CC[C@@H]1C[C@@H](OC(=O)NCc2cccc3ccccc23)C[C@@]2(CCC[C@H](COC(=O)NCCc3ccccc3OC)O2)O1. The molecule has 0 saturated carbocycles. The van der Waals surface area contributed by atoms with Gasteiger partial charge in [-0.3, -0.25) is 4.79 Å². The van der Waals surface area contributed by atoms with Gasteiger partial charge in [0.05, 0.1) is 25.9 Å². The molecular weight excluding hydrogens is 730 g/mol. The van der Waals surface area contributed by atoms with Crippen molar-refractivity contribution in [3.8, 4) is 5.75 Å². The lowest BCUT2D eigenvalue weighted by Gasteiger charge is -2.47. The van der Waals surface area contributed by atoms with Crippen LogP contribution in [0.1, 0.15) is 89.7 Å². The van der Waals surface area contributed by atoms with E-state index in [-0.39, 0.29) is 38.5 Å². The number of hydrogen-bond acceptors (Lipinski definition) is 10. The molecule has 310 valence electrons. The number of alkyl carbamates (subject to hydrolysis) is 2. The fraction of sp³-hybridized carbons (Fsp3) is 0.545. The van der Waals surface area contributed by atoms with Crippen molar-refractivity contribution < 1.29 is 47.6 Å². The molecule has 2 heterocycles. The van der Waals surface area contributed by atoms with Crippen LogP contribution in [0.5, 0.6) is 5.75 Å². The Hall–Kier alpha value is -4.88. The fourth-order valence-corrected chi connectivity index (χ4v) is 7.55. The first-order valence-electron chi connectivity index (χ1n) is 20.3. The molecule has 5 rings (SSSR count). The van der Waals surface area contributed by atoms with Crippen molar-refractivity contribution in [3.05, 3.63) is 77.9 Å². The summed E-state index contributed by atoms with van der Waals surface area (Å²) in [5.74, 6) is -0.742. The lowest BCUT2D eigenvalue weighted by molar-refractivity contribution is -0.329. The zero-order valence-electron chi connectivity index (χ0n) is 33.7. The molecule has 13 heteroatoms. The predicted molar refractivity (Wildman–Crippen MR) is 215 cm³/mol. The number of benzene rings is 3. The van der Waals surface area contributed by atoms with Crippen molar-refractivity contribution >= 4 is 34.8 Å². The van der Waals surface area contributed by atoms with Gasteiger partial charge < -0.3 is 44.4 Å². The van der Waals surface area contributed by atoms with Crippen molar-refractivity contribution in [2.75, 3.05) is 26.9 Å². The highest BCUT2D eigenvalue weighted by molar-refractivity contribution is 5.86. The van der Waals surface area contributed by atoms with E-state index >= 15 is 0 Å². The number of rotatable bonds is 18. The van der Waals surface area contributed by atoms with Gasteiger partial charge in [-0.15, -0.1) is 0 Å². The monoisotopic (exact) mass is 789 g/mol. The molecule has 3 aromatic rings. The minimum Gasteiger partial charge on any atom is -0.496 e. The Morgan fingerprint density at radius 3 is 2.44 bits per heavy atom. The highest BCUT2D eigenvalue weighted by Crippen LogP contribution is 2.41. The number of esters is 1. The zero-order valence-corrected chi connectivity index (χ0v) is 33.7. The molecule has 0 aromatic heterocycles. The number of carbonyl (C=O) groups is 4. The molecule has 3 N–H and O–H groups in total. The number of carbonyl (C=O) groups excluding carboxylic acids is 4. The molecule has 0 bridgehead atoms. The van der Waals surface area contributed by atoms with E-state index in [0.29, 0.717) is 51.0 Å². The van der Waals surface area contributed by atoms with Crippen LogP contribution >= 0.6 is 0 Å².